The first-order chi connectivity index (χ1) is 14.0. The van der Waals surface area contributed by atoms with Gasteiger partial charge in [-0.25, -0.2) is 4.79 Å². The van der Waals surface area contributed by atoms with E-state index in [1.54, 1.807) is 23.1 Å². The molecule has 2 N–H and O–H groups in total. The molecular weight excluding hydrogens is 398 g/mol. The van der Waals surface area contributed by atoms with Gasteiger partial charge in [-0.3, -0.25) is 0 Å². The highest BCUT2D eigenvalue weighted by Crippen LogP contribution is 2.27. The summed E-state index contributed by atoms with van der Waals surface area (Å²) in [6, 6.07) is 4.56. The smallest absolute Gasteiger partial charge is 0.319 e. The second-order valence-electron chi connectivity index (χ2n) is 6.50. The number of methoxy groups -OCH3 is 1. The van der Waals surface area contributed by atoms with Crippen LogP contribution in [0.2, 0.25) is 5.02 Å². The number of ether oxygens (including phenoxy) is 2. The molecule has 2 amide bonds. The van der Waals surface area contributed by atoms with Crippen LogP contribution in [0.4, 0.5) is 22.4 Å². The molecule has 0 radical (unpaired) electrons. The van der Waals surface area contributed by atoms with E-state index >= 15 is 0 Å². The number of carbonyl (C=O) groups excluding carboxylic acids is 1. The highest BCUT2D eigenvalue weighted by Gasteiger charge is 2.17. The lowest BCUT2D eigenvalue weighted by Gasteiger charge is -2.27. The number of aromatic nitrogens is 3. The van der Waals surface area contributed by atoms with E-state index in [0.717, 1.165) is 0 Å². The molecule has 0 saturated carbocycles. The van der Waals surface area contributed by atoms with Crippen LogP contribution >= 0.6 is 11.6 Å². The molecule has 0 bridgehead atoms. The summed E-state index contributed by atoms with van der Waals surface area (Å²) in [5.74, 6) is 2.06. The van der Waals surface area contributed by atoms with E-state index in [9.17, 15) is 4.79 Å². The third-order valence-corrected chi connectivity index (χ3v) is 4.40. The maximum atomic E-state index is 12.3. The van der Waals surface area contributed by atoms with E-state index in [2.05, 4.69) is 25.6 Å². The van der Waals surface area contributed by atoms with Crippen molar-refractivity contribution in [1.82, 2.24) is 20.3 Å². The van der Waals surface area contributed by atoms with Gasteiger partial charge in [0.1, 0.15) is 5.75 Å². The summed E-state index contributed by atoms with van der Waals surface area (Å²) in [6.07, 6.45) is 0. The maximum Gasteiger partial charge on any atom is 0.319 e. The van der Waals surface area contributed by atoms with E-state index in [1.165, 1.54) is 7.11 Å². The first kappa shape index (κ1) is 20.9. The van der Waals surface area contributed by atoms with Crippen molar-refractivity contribution in [3.05, 3.63) is 29.0 Å². The Bertz CT molecular complexity index is 859. The normalized spacial score (nSPS) is 13.7. The molecule has 0 unspecified atom stereocenters. The monoisotopic (exact) mass is 421 g/mol. The van der Waals surface area contributed by atoms with Gasteiger partial charge in [0.05, 0.1) is 32.6 Å². The lowest BCUT2D eigenvalue weighted by atomic mass is 10.3. The van der Waals surface area contributed by atoms with Crippen molar-refractivity contribution in [2.24, 2.45) is 0 Å². The Kier molecular flexibility index (Phi) is 6.89. The first-order valence-electron chi connectivity index (χ1n) is 9.09. The number of morpholine rings is 1. The van der Waals surface area contributed by atoms with Crippen molar-refractivity contribution >= 4 is 35.2 Å². The molecule has 2 aromatic rings. The number of hydrogen-bond acceptors (Lipinski definition) is 8. The summed E-state index contributed by atoms with van der Waals surface area (Å²) >= 11 is 6.00. The molecule has 11 heteroatoms. The van der Waals surface area contributed by atoms with Crippen molar-refractivity contribution in [3.63, 3.8) is 0 Å². The Labute approximate surface area is 174 Å². The van der Waals surface area contributed by atoms with E-state index < -0.39 is 6.03 Å². The van der Waals surface area contributed by atoms with Crippen LogP contribution in [0, 0.1) is 0 Å². The van der Waals surface area contributed by atoms with Gasteiger partial charge in [-0.15, -0.1) is 0 Å². The van der Waals surface area contributed by atoms with Crippen molar-refractivity contribution in [1.29, 1.82) is 0 Å². The molecule has 156 valence electrons. The van der Waals surface area contributed by atoms with Crippen molar-refractivity contribution in [2.45, 2.75) is 6.54 Å². The van der Waals surface area contributed by atoms with Crippen LogP contribution in [0.5, 0.6) is 5.75 Å². The van der Waals surface area contributed by atoms with E-state index in [1.807, 2.05) is 19.0 Å². The fourth-order valence-electron chi connectivity index (χ4n) is 2.68. The van der Waals surface area contributed by atoms with Gasteiger partial charge in [0.15, 0.2) is 5.82 Å². The van der Waals surface area contributed by atoms with Crippen LogP contribution < -0.4 is 25.2 Å². The van der Waals surface area contributed by atoms with E-state index in [4.69, 9.17) is 21.1 Å². The fraction of sp³-hybridized carbons (Fsp3) is 0.444. The van der Waals surface area contributed by atoms with E-state index in [0.29, 0.717) is 60.5 Å². The predicted octanol–water partition coefficient (Wildman–Crippen LogP) is 1.76. The Balaban J connectivity index is 1.70. The number of nitrogens with one attached hydrogen (secondary N) is 2. The summed E-state index contributed by atoms with van der Waals surface area (Å²) in [6.45, 7) is 2.80. The first-order valence-corrected chi connectivity index (χ1v) is 9.47. The molecule has 1 aliphatic rings. The lowest BCUT2D eigenvalue weighted by molar-refractivity contribution is 0.122. The molecule has 1 saturated heterocycles. The lowest BCUT2D eigenvalue weighted by Crippen LogP contribution is -2.38. The zero-order chi connectivity index (χ0) is 20.8. The quantitative estimate of drug-likeness (QED) is 0.727. The van der Waals surface area contributed by atoms with Crippen LogP contribution in [0.15, 0.2) is 18.2 Å². The molecule has 0 atom stereocenters. The Hall–Kier alpha value is -2.85. The van der Waals surface area contributed by atoms with Crippen LogP contribution in [0.25, 0.3) is 0 Å². The number of nitrogens with zero attached hydrogens (tertiary/aromatic N) is 5. The number of carbonyl (C=O) groups is 1. The maximum absolute atomic E-state index is 12.3. The number of anilines is 3. The summed E-state index contributed by atoms with van der Waals surface area (Å²) in [4.78, 5) is 29.6. The van der Waals surface area contributed by atoms with Gasteiger partial charge >= 0.3 is 6.03 Å². The van der Waals surface area contributed by atoms with Crippen molar-refractivity contribution in [2.75, 3.05) is 62.6 Å². The molecule has 1 aromatic carbocycles. The molecule has 2 heterocycles. The second-order valence-corrected chi connectivity index (χ2v) is 6.93. The van der Waals surface area contributed by atoms with Crippen LogP contribution in [-0.4, -0.2) is 68.5 Å². The summed E-state index contributed by atoms with van der Waals surface area (Å²) in [5.41, 5.74) is 0.469. The molecule has 10 nitrogen and oxygen atoms in total. The van der Waals surface area contributed by atoms with Gasteiger partial charge in [-0.1, -0.05) is 11.6 Å². The van der Waals surface area contributed by atoms with Gasteiger partial charge in [0.2, 0.25) is 11.9 Å². The third-order valence-electron chi connectivity index (χ3n) is 4.17. The van der Waals surface area contributed by atoms with Crippen molar-refractivity contribution in [3.8, 4) is 5.75 Å². The molecule has 1 fully saturated rings. The highest BCUT2D eigenvalue weighted by molar-refractivity contribution is 6.31. The average molecular weight is 422 g/mol. The van der Waals surface area contributed by atoms with Gasteiger partial charge in [0.25, 0.3) is 0 Å². The Morgan fingerprint density at radius 3 is 2.72 bits per heavy atom. The largest absolute Gasteiger partial charge is 0.495 e. The molecule has 0 spiro atoms. The Morgan fingerprint density at radius 1 is 1.28 bits per heavy atom. The minimum atomic E-state index is -0.426. The molecule has 3 rings (SSSR count). The third kappa shape index (κ3) is 5.58. The number of halogens is 1. The number of urea groups is 1. The number of amides is 2. The summed E-state index contributed by atoms with van der Waals surface area (Å²) in [5, 5.41) is 5.96. The van der Waals surface area contributed by atoms with E-state index in [-0.39, 0.29) is 6.54 Å². The van der Waals surface area contributed by atoms with Crippen LogP contribution in [-0.2, 0) is 11.3 Å². The zero-order valence-corrected chi connectivity index (χ0v) is 17.4. The zero-order valence-electron chi connectivity index (χ0n) is 16.6. The van der Waals surface area contributed by atoms with Gasteiger partial charge in [0, 0.05) is 32.2 Å². The number of rotatable bonds is 6. The van der Waals surface area contributed by atoms with Crippen LogP contribution in [0.3, 0.4) is 0 Å². The van der Waals surface area contributed by atoms with Gasteiger partial charge in [-0.05, 0) is 18.2 Å². The molecule has 29 heavy (non-hydrogen) atoms. The number of hydrogen-bond donors (Lipinski definition) is 2. The minimum absolute atomic E-state index is 0.134. The molecule has 0 aliphatic carbocycles. The summed E-state index contributed by atoms with van der Waals surface area (Å²) in [7, 11) is 5.23. The SMILES string of the molecule is COc1ccc(Cl)cc1NC(=O)NCc1nc(N(C)C)nc(N2CCOCC2)n1. The standard InChI is InChI=1S/C18H24ClN7O3/c1-25(2)16-22-15(23-17(24-16)26-6-8-29-9-7-26)11-20-18(27)21-13-10-12(19)4-5-14(13)28-3/h4-5,10H,6-9,11H2,1-3H3,(H2,20,21,27). The predicted molar refractivity (Wildman–Crippen MR) is 111 cm³/mol. The second kappa shape index (κ2) is 9.57. The van der Waals surface area contributed by atoms with Crippen molar-refractivity contribution < 1.29 is 14.3 Å². The molecule has 1 aromatic heterocycles. The minimum Gasteiger partial charge on any atom is -0.495 e. The fourth-order valence-corrected chi connectivity index (χ4v) is 2.85. The van der Waals surface area contributed by atoms with Crippen LogP contribution in [0.1, 0.15) is 5.82 Å². The Morgan fingerprint density at radius 2 is 2.03 bits per heavy atom. The highest BCUT2D eigenvalue weighted by atomic mass is 35.5. The van der Waals surface area contributed by atoms with Gasteiger partial charge in [-0.2, -0.15) is 15.0 Å². The molecular formula is C18H24ClN7O3. The van der Waals surface area contributed by atoms with Gasteiger partial charge < -0.3 is 29.9 Å². The summed E-state index contributed by atoms with van der Waals surface area (Å²) < 4.78 is 10.6. The average Bonchev–Trinajstić information content (AvgIpc) is 2.73. The molecule has 1 aliphatic heterocycles. The number of benzene rings is 1. The topological polar surface area (TPSA) is 105 Å².